The summed E-state index contributed by atoms with van der Waals surface area (Å²) in [4.78, 5) is 20.7. The van der Waals surface area contributed by atoms with E-state index in [-0.39, 0.29) is 27.9 Å². The fourth-order valence-corrected chi connectivity index (χ4v) is 3.35. The highest BCUT2D eigenvalue weighted by Gasteiger charge is 2.19. The number of rotatable bonds is 8. The van der Waals surface area contributed by atoms with Gasteiger partial charge in [0, 0.05) is 42.9 Å². The number of aromatic nitrogens is 4. The summed E-state index contributed by atoms with van der Waals surface area (Å²) in [6, 6.07) is 7.61. The zero-order chi connectivity index (χ0) is 24.9. The van der Waals surface area contributed by atoms with Crippen molar-refractivity contribution in [1.29, 1.82) is 0 Å². The first kappa shape index (κ1) is 18.2. The van der Waals surface area contributed by atoms with Crippen molar-refractivity contribution in [3.05, 3.63) is 54.0 Å². The van der Waals surface area contributed by atoms with Gasteiger partial charge in [-0.3, -0.25) is 4.79 Å². The molecular formula is C19H21N7O4S. The van der Waals surface area contributed by atoms with Crippen LogP contribution in [0.25, 0.3) is 0 Å². The Morgan fingerprint density at radius 1 is 1.16 bits per heavy atom. The number of carbonyl (C=O) groups excluding carboxylic acids is 1. The molecule has 0 fully saturated rings. The van der Waals surface area contributed by atoms with E-state index in [2.05, 4.69) is 30.8 Å². The van der Waals surface area contributed by atoms with Gasteiger partial charge in [0.05, 0.1) is 12.3 Å². The molecule has 3 aromatic heterocycles. The van der Waals surface area contributed by atoms with Gasteiger partial charge in [-0.1, -0.05) is 6.07 Å². The number of hydrogen-bond acceptors (Lipinski definition) is 10. The van der Waals surface area contributed by atoms with E-state index >= 15 is 0 Å². The lowest BCUT2D eigenvalue weighted by atomic mass is 10.2. The minimum Gasteiger partial charge on any atom is -0.380 e. The topological polar surface area (TPSA) is 148 Å². The van der Waals surface area contributed by atoms with Crippen molar-refractivity contribution in [3.8, 4) is 0 Å². The van der Waals surface area contributed by atoms with Gasteiger partial charge >= 0.3 is 0 Å². The van der Waals surface area contributed by atoms with Crippen LogP contribution in [0.1, 0.15) is 20.2 Å². The monoisotopic (exact) mass is 446 g/mol. The molecule has 0 saturated heterocycles. The number of sulfone groups is 1. The molecule has 12 heteroatoms. The van der Waals surface area contributed by atoms with Crippen LogP contribution in [-0.4, -0.2) is 54.8 Å². The number of nitrogens with zero attached hydrogens (tertiary/aromatic N) is 4. The number of nitrogens with one attached hydrogen (secondary N) is 3. The Kier molecular flexibility index (Phi) is 5.53. The molecule has 11 nitrogen and oxygen atoms in total. The molecule has 0 unspecified atom stereocenters. The second-order valence-corrected chi connectivity index (χ2v) is 8.29. The summed E-state index contributed by atoms with van der Waals surface area (Å²) >= 11 is 0. The number of hydrogen-bond donors (Lipinski definition) is 3. The van der Waals surface area contributed by atoms with E-state index < -0.39 is 22.7 Å². The Labute approximate surface area is 183 Å². The minimum atomic E-state index is -3.67. The van der Waals surface area contributed by atoms with Crippen molar-refractivity contribution in [2.45, 2.75) is 11.5 Å². The normalized spacial score (nSPS) is 12.9. The Hall–Kier alpha value is -3.64. The highest BCUT2D eigenvalue weighted by molar-refractivity contribution is 7.90. The first-order valence-electron chi connectivity index (χ1n) is 10.3. The van der Waals surface area contributed by atoms with E-state index in [1.54, 1.807) is 25.4 Å². The molecule has 0 atom stereocenters. The van der Waals surface area contributed by atoms with Crippen molar-refractivity contribution in [1.82, 2.24) is 25.5 Å². The van der Waals surface area contributed by atoms with E-state index in [1.165, 1.54) is 24.4 Å². The zero-order valence-electron chi connectivity index (χ0n) is 19.6. The van der Waals surface area contributed by atoms with Gasteiger partial charge in [0.15, 0.2) is 21.3 Å². The Morgan fingerprint density at radius 2 is 2.00 bits per heavy atom. The summed E-state index contributed by atoms with van der Waals surface area (Å²) in [5.74, 6) is -0.555. The molecule has 31 heavy (non-hydrogen) atoms. The molecule has 3 rings (SSSR count). The maximum atomic E-state index is 12.5. The summed E-state index contributed by atoms with van der Waals surface area (Å²) < 4.78 is 51.1. The molecular weight excluding hydrogens is 422 g/mol. The highest BCUT2D eigenvalue weighted by atomic mass is 32.2. The lowest BCUT2D eigenvalue weighted by Gasteiger charge is -2.13. The third kappa shape index (κ3) is 5.49. The van der Waals surface area contributed by atoms with Crippen LogP contribution in [0.2, 0.25) is 0 Å². The predicted molar refractivity (Wildman–Crippen MR) is 114 cm³/mol. The maximum Gasteiger partial charge on any atom is 0.273 e. The van der Waals surface area contributed by atoms with E-state index in [0.717, 1.165) is 11.8 Å². The molecule has 162 valence electrons. The molecule has 0 spiro atoms. The van der Waals surface area contributed by atoms with Crippen molar-refractivity contribution in [3.63, 3.8) is 0 Å². The van der Waals surface area contributed by atoms with Gasteiger partial charge in [-0.15, -0.1) is 10.2 Å². The predicted octanol–water partition coefficient (Wildman–Crippen LogP) is 1.66. The van der Waals surface area contributed by atoms with Gasteiger partial charge in [-0.25, -0.2) is 18.4 Å². The van der Waals surface area contributed by atoms with Gasteiger partial charge in [-0.05, 0) is 23.8 Å². The van der Waals surface area contributed by atoms with Gasteiger partial charge in [-0.2, -0.15) is 0 Å². The highest BCUT2D eigenvalue weighted by Crippen LogP contribution is 2.26. The van der Waals surface area contributed by atoms with E-state index in [1.807, 2.05) is 5.32 Å². The smallest absolute Gasteiger partial charge is 0.273 e. The summed E-state index contributed by atoms with van der Waals surface area (Å²) in [5, 5.41) is 15.2. The quantitative estimate of drug-likeness (QED) is 0.466. The Morgan fingerprint density at radius 3 is 2.68 bits per heavy atom. The SMILES string of the molecule is [2H]C([2H])([2H])NC(=O)c1nnc(Nc2ccc(COC)cn2)cc1Nc1ncccc1S(C)(=O)=O. The molecule has 0 aromatic carbocycles. The lowest BCUT2D eigenvalue weighted by Crippen LogP contribution is -2.22. The second-order valence-electron chi connectivity index (χ2n) is 6.30. The van der Waals surface area contributed by atoms with Crippen molar-refractivity contribution >= 4 is 38.9 Å². The van der Waals surface area contributed by atoms with Gasteiger partial charge in [0.2, 0.25) is 0 Å². The van der Waals surface area contributed by atoms with Crippen LogP contribution in [0.3, 0.4) is 0 Å². The zero-order valence-corrected chi connectivity index (χ0v) is 17.4. The summed E-state index contributed by atoms with van der Waals surface area (Å²) in [7, 11) is -2.10. The Bertz CT molecular complexity index is 1290. The van der Waals surface area contributed by atoms with Crippen molar-refractivity contribution in [2.75, 3.05) is 31.0 Å². The van der Waals surface area contributed by atoms with Gasteiger partial charge < -0.3 is 20.7 Å². The average molecular weight is 447 g/mol. The molecule has 1 amide bonds. The molecule has 0 bridgehead atoms. The third-order valence-electron chi connectivity index (χ3n) is 3.94. The van der Waals surface area contributed by atoms with E-state index in [0.29, 0.717) is 12.4 Å². The van der Waals surface area contributed by atoms with Crippen LogP contribution in [-0.2, 0) is 21.2 Å². The number of methoxy groups -OCH3 is 1. The number of amides is 1. The fraction of sp³-hybridized carbons (Fsp3) is 0.211. The van der Waals surface area contributed by atoms with Crippen LogP contribution in [0.15, 0.2) is 47.6 Å². The number of ether oxygens (including phenoxy) is 1. The molecule has 3 aromatic rings. The number of carbonyl (C=O) groups is 1. The molecule has 0 saturated carbocycles. The fourth-order valence-electron chi connectivity index (χ4n) is 2.57. The Balaban J connectivity index is 1.99. The molecule has 0 aliphatic carbocycles. The van der Waals surface area contributed by atoms with Crippen LogP contribution in [0.4, 0.5) is 23.1 Å². The van der Waals surface area contributed by atoms with Crippen molar-refractivity contribution in [2.24, 2.45) is 0 Å². The third-order valence-corrected chi connectivity index (χ3v) is 5.07. The van der Waals surface area contributed by atoms with E-state index in [4.69, 9.17) is 8.85 Å². The number of anilines is 4. The summed E-state index contributed by atoms with van der Waals surface area (Å²) in [5.41, 5.74) is 0.440. The average Bonchev–Trinajstić information content (AvgIpc) is 2.74. The maximum absolute atomic E-state index is 12.5. The number of pyridine rings is 2. The molecule has 3 N–H and O–H groups in total. The molecule has 0 aliphatic rings. The second kappa shape index (κ2) is 9.45. The first-order valence-corrected chi connectivity index (χ1v) is 10.7. The largest absolute Gasteiger partial charge is 0.380 e. The molecule has 0 radical (unpaired) electrons. The lowest BCUT2D eigenvalue weighted by molar-refractivity contribution is 0.0958. The van der Waals surface area contributed by atoms with Crippen LogP contribution < -0.4 is 16.0 Å². The van der Waals surface area contributed by atoms with Crippen LogP contribution >= 0.6 is 0 Å². The van der Waals surface area contributed by atoms with Crippen LogP contribution in [0, 0.1) is 0 Å². The van der Waals surface area contributed by atoms with Crippen LogP contribution in [0.5, 0.6) is 0 Å². The minimum absolute atomic E-state index is 0.0288. The molecule has 0 aliphatic heterocycles. The first-order chi connectivity index (χ1) is 16.0. The molecule has 3 heterocycles. The van der Waals surface area contributed by atoms with Gasteiger partial charge in [0.1, 0.15) is 16.5 Å². The summed E-state index contributed by atoms with van der Waals surface area (Å²) in [6.07, 6.45) is 3.97. The van der Waals surface area contributed by atoms with E-state index in [9.17, 15) is 13.2 Å². The standard InChI is InChI=1S/C19H21N7O4S/c1-20-19(27)17-13(23-18-14(31(3,28)29)5-4-8-21-18)9-16(25-26-17)24-15-7-6-12(10-22-15)11-30-2/h4-10H,11H2,1-3H3,(H,20,27)(H2,21,22,23,24,25)/i1D3. The summed E-state index contributed by atoms with van der Waals surface area (Å²) in [6.45, 7) is -2.38. The van der Waals surface area contributed by atoms with Crippen molar-refractivity contribution < 1.29 is 22.1 Å². The van der Waals surface area contributed by atoms with Gasteiger partial charge in [0.25, 0.3) is 5.91 Å².